The SMILES string of the molecule is COC(=O)NC(C(=O)N1CCCC1c1ncc(-c2ccc(N3CCCCC3)cc2)n1C)C(C)C. The van der Waals surface area contributed by atoms with Gasteiger partial charge in [-0.25, -0.2) is 9.78 Å². The third-order valence-corrected chi connectivity index (χ3v) is 7.13. The maximum Gasteiger partial charge on any atom is 0.407 e. The normalized spacial score (nSPS) is 19.4. The van der Waals surface area contributed by atoms with E-state index in [1.54, 1.807) is 0 Å². The maximum absolute atomic E-state index is 13.4. The van der Waals surface area contributed by atoms with Crippen molar-refractivity contribution in [3.05, 3.63) is 36.3 Å². The van der Waals surface area contributed by atoms with Gasteiger partial charge in [0, 0.05) is 32.4 Å². The number of rotatable bonds is 6. The van der Waals surface area contributed by atoms with Crippen molar-refractivity contribution in [1.82, 2.24) is 19.8 Å². The number of imidazole rings is 1. The molecule has 2 atom stereocenters. The van der Waals surface area contributed by atoms with Gasteiger partial charge in [-0.3, -0.25) is 4.79 Å². The average Bonchev–Trinajstić information content (AvgIpc) is 3.49. The van der Waals surface area contributed by atoms with E-state index in [1.165, 1.54) is 32.1 Å². The second-order valence-corrected chi connectivity index (χ2v) is 9.70. The van der Waals surface area contributed by atoms with Gasteiger partial charge in [-0.15, -0.1) is 0 Å². The number of nitrogens with one attached hydrogen (secondary N) is 1. The lowest BCUT2D eigenvalue weighted by molar-refractivity contribution is -0.135. The third kappa shape index (κ3) is 4.91. The van der Waals surface area contributed by atoms with Crippen molar-refractivity contribution in [2.24, 2.45) is 13.0 Å². The first-order chi connectivity index (χ1) is 16.4. The smallest absolute Gasteiger partial charge is 0.407 e. The second kappa shape index (κ2) is 10.5. The number of ether oxygens (including phenoxy) is 1. The standard InChI is InChI=1S/C26H37N5O3/c1-18(2)23(28-26(33)34-4)25(32)31-16-8-9-21(31)24-27-17-22(29(24)3)19-10-12-20(13-11-19)30-14-6-5-7-15-30/h10-13,17-18,21,23H,5-9,14-16H2,1-4H3,(H,28,33). The van der Waals surface area contributed by atoms with Crippen LogP contribution in [-0.2, 0) is 16.6 Å². The quantitative estimate of drug-likeness (QED) is 0.691. The zero-order chi connectivity index (χ0) is 24.2. The van der Waals surface area contributed by atoms with Crippen LogP contribution in [-0.4, -0.2) is 59.2 Å². The van der Waals surface area contributed by atoms with Crippen molar-refractivity contribution < 1.29 is 14.3 Å². The van der Waals surface area contributed by atoms with E-state index in [4.69, 9.17) is 9.72 Å². The van der Waals surface area contributed by atoms with Gasteiger partial charge in [-0.05, 0) is 55.7 Å². The van der Waals surface area contributed by atoms with Crippen LogP contribution in [0.5, 0.6) is 0 Å². The number of nitrogens with zero attached hydrogens (tertiary/aromatic N) is 4. The molecule has 0 saturated carbocycles. The van der Waals surface area contributed by atoms with Crippen LogP contribution in [0.4, 0.5) is 10.5 Å². The number of methoxy groups -OCH3 is 1. The molecule has 8 nitrogen and oxygen atoms in total. The van der Waals surface area contributed by atoms with Gasteiger partial charge in [0.25, 0.3) is 0 Å². The van der Waals surface area contributed by atoms with E-state index in [0.717, 1.165) is 43.0 Å². The minimum Gasteiger partial charge on any atom is -0.453 e. The van der Waals surface area contributed by atoms with E-state index in [2.05, 4.69) is 39.0 Å². The Balaban J connectivity index is 1.53. The number of aromatic nitrogens is 2. The molecule has 0 bridgehead atoms. The fourth-order valence-electron chi connectivity index (χ4n) is 5.17. The molecule has 3 heterocycles. The summed E-state index contributed by atoms with van der Waals surface area (Å²) in [5.74, 6) is 0.739. The number of carbonyl (C=O) groups is 2. The van der Waals surface area contributed by atoms with Crippen molar-refractivity contribution in [3.63, 3.8) is 0 Å². The highest BCUT2D eigenvalue weighted by atomic mass is 16.5. The monoisotopic (exact) mass is 467 g/mol. The molecule has 1 N–H and O–H groups in total. The fourth-order valence-corrected chi connectivity index (χ4v) is 5.17. The van der Waals surface area contributed by atoms with Gasteiger partial charge in [0.1, 0.15) is 11.9 Å². The molecular weight excluding hydrogens is 430 g/mol. The molecule has 0 spiro atoms. The van der Waals surface area contributed by atoms with Crippen LogP contribution >= 0.6 is 0 Å². The average molecular weight is 468 g/mol. The molecule has 0 radical (unpaired) electrons. The molecule has 1 aromatic heterocycles. The summed E-state index contributed by atoms with van der Waals surface area (Å²) in [4.78, 5) is 34.3. The van der Waals surface area contributed by atoms with Gasteiger partial charge < -0.3 is 24.4 Å². The molecule has 34 heavy (non-hydrogen) atoms. The molecular formula is C26H37N5O3. The molecule has 2 saturated heterocycles. The first-order valence-corrected chi connectivity index (χ1v) is 12.4. The fraction of sp³-hybridized carbons (Fsp3) is 0.577. The molecule has 4 rings (SSSR count). The first kappa shape index (κ1) is 24.1. The number of alkyl carbamates (subject to hydrolysis) is 1. The van der Waals surface area contributed by atoms with Crippen molar-refractivity contribution in [3.8, 4) is 11.3 Å². The van der Waals surface area contributed by atoms with Gasteiger partial charge in [0.05, 0.1) is 25.0 Å². The van der Waals surface area contributed by atoms with Crippen molar-refractivity contribution in [2.45, 2.75) is 58.0 Å². The van der Waals surface area contributed by atoms with E-state index >= 15 is 0 Å². The number of piperidine rings is 1. The first-order valence-electron chi connectivity index (χ1n) is 12.4. The zero-order valence-electron chi connectivity index (χ0n) is 20.8. The summed E-state index contributed by atoms with van der Waals surface area (Å²) in [6.45, 7) is 6.76. The molecule has 8 heteroatoms. The Morgan fingerprint density at radius 2 is 1.76 bits per heavy atom. The summed E-state index contributed by atoms with van der Waals surface area (Å²) in [7, 11) is 3.33. The number of carbonyl (C=O) groups excluding carboxylic acids is 2. The number of likely N-dealkylation sites (tertiary alicyclic amines) is 1. The van der Waals surface area contributed by atoms with E-state index in [-0.39, 0.29) is 17.9 Å². The summed E-state index contributed by atoms with van der Waals surface area (Å²) >= 11 is 0. The van der Waals surface area contributed by atoms with E-state index < -0.39 is 12.1 Å². The highest BCUT2D eigenvalue weighted by Gasteiger charge is 2.38. The zero-order valence-corrected chi connectivity index (χ0v) is 20.8. The summed E-state index contributed by atoms with van der Waals surface area (Å²) in [6.07, 6.45) is 6.92. The summed E-state index contributed by atoms with van der Waals surface area (Å²) in [5, 5.41) is 2.71. The molecule has 2 aromatic rings. The lowest BCUT2D eigenvalue weighted by Crippen LogP contribution is -2.51. The second-order valence-electron chi connectivity index (χ2n) is 9.70. The molecule has 2 fully saturated rings. The molecule has 0 aliphatic carbocycles. The van der Waals surface area contributed by atoms with Gasteiger partial charge in [-0.1, -0.05) is 26.0 Å². The van der Waals surface area contributed by atoms with Gasteiger partial charge in [0.15, 0.2) is 0 Å². The lowest BCUT2D eigenvalue weighted by Gasteiger charge is -2.30. The summed E-state index contributed by atoms with van der Waals surface area (Å²) in [5.41, 5.74) is 3.43. The predicted octanol–water partition coefficient (Wildman–Crippen LogP) is 4.12. The lowest BCUT2D eigenvalue weighted by atomic mass is 10.0. The van der Waals surface area contributed by atoms with Crippen molar-refractivity contribution in [2.75, 3.05) is 31.6 Å². The van der Waals surface area contributed by atoms with E-state index in [9.17, 15) is 9.59 Å². The Labute approximate surface area is 202 Å². The van der Waals surface area contributed by atoms with Crippen LogP contribution in [0.2, 0.25) is 0 Å². The molecule has 184 valence electrons. The minimum atomic E-state index is -0.630. The molecule has 2 amide bonds. The Bertz CT molecular complexity index is 994. The predicted molar refractivity (Wildman–Crippen MR) is 133 cm³/mol. The van der Waals surface area contributed by atoms with Crippen molar-refractivity contribution >= 4 is 17.7 Å². The number of hydrogen-bond donors (Lipinski definition) is 1. The van der Waals surface area contributed by atoms with E-state index in [1.807, 2.05) is 32.0 Å². The molecule has 2 unspecified atom stereocenters. The topological polar surface area (TPSA) is 79.7 Å². The highest BCUT2D eigenvalue weighted by molar-refractivity contribution is 5.86. The minimum absolute atomic E-state index is 0.0526. The highest BCUT2D eigenvalue weighted by Crippen LogP contribution is 2.34. The van der Waals surface area contributed by atoms with Crippen LogP contribution < -0.4 is 10.2 Å². The van der Waals surface area contributed by atoms with Crippen molar-refractivity contribution in [1.29, 1.82) is 0 Å². The summed E-state index contributed by atoms with van der Waals surface area (Å²) < 4.78 is 6.83. The van der Waals surface area contributed by atoms with Crippen LogP contribution in [0.25, 0.3) is 11.3 Å². The Hall–Kier alpha value is -3.03. The Kier molecular flexibility index (Phi) is 7.44. The van der Waals surface area contributed by atoms with Gasteiger partial charge in [0.2, 0.25) is 5.91 Å². The van der Waals surface area contributed by atoms with Crippen LogP contribution in [0.3, 0.4) is 0 Å². The molecule has 2 aliphatic rings. The number of benzene rings is 1. The van der Waals surface area contributed by atoms with Gasteiger partial charge in [-0.2, -0.15) is 0 Å². The maximum atomic E-state index is 13.4. The van der Waals surface area contributed by atoms with Crippen LogP contribution in [0, 0.1) is 5.92 Å². The van der Waals surface area contributed by atoms with Gasteiger partial charge >= 0.3 is 6.09 Å². The number of amides is 2. The van der Waals surface area contributed by atoms with E-state index in [0.29, 0.717) is 6.54 Å². The molecule has 2 aliphatic heterocycles. The number of anilines is 1. The Morgan fingerprint density at radius 1 is 1.06 bits per heavy atom. The molecule has 1 aromatic carbocycles. The summed E-state index contributed by atoms with van der Waals surface area (Å²) in [6, 6.07) is 7.98. The third-order valence-electron chi connectivity index (χ3n) is 7.13. The Morgan fingerprint density at radius 3 is 2.41 bits per heavy atom. The van der Waals surface area contributed by atoms with Crippen LogP contribution in [0.15, 0.2) is 30.5 Å². The van der Waals surface area contributed by atoms with Crippen LogP contribution in [0.1, 0.15) is 57.8 Å². The number of hydrogen-bond acceptors (Lipinski definition) is 5. The largest absolute Gasteiger partial charge is 0.453 e.